The van der Waals surface area contributed by atoms with E-state index < -0.39 is 0 Å². The van der Waals surface area contributed by atoms with Gasteiger partial charge in [0.2, 0.25) is 5.43 Å². The van der Waals surface area contributed by atoms with Crippen molar-refractivity contribution >= 4 is 33.5 Å². The highest BCUT2D eigenvalue weighted by molar-refractivity contribution is 6.31. The monoisotopic (exact) mass is 331 g/mol. The van der Waals surface area contributed by atoms with Crippen LogP contribution in [0.25, 0.3) is 21.9 Å². The summed E-state index contributed by atoms with van der Waals surface area (Å²) in [6.45, 7) is 2.69. The summed E-state index contributed by atoms with van der Waals surface area (Å²) in [5.74, 6) is 0. The van der Waals surface area contributed by atoms with Crippen molar-refractivity contribution in [1.82, 2.24) is 5.32 Å². The number of nitrogens with one attached hydrogen (secondary N) is 1. The lowest BCUT2D eigenvalue weighted by Crippen LogP contribution is -2.31. The Bertz CT molecular complexity index is 900. The van der Waals surface area contributed by atoms with Crippen molar-refractivity contribution in [2.45, 2.75) is 25.9 Å². The summed E-state index contributed by atoms with van der Waals surface area (Å²) >= 11 is 5.98. The second kappa shape index (κ2) is 6.71. The molecule has 0 fully saturated rings. The van der Waals surface area contributed by atoms with Gasteiger partial charge in [0.05, 0.1) is 17.4 Å². The summed E-state index contributed by atoms with van der Waals surface area (Å²) < 4.78 is 5.79. The van der Waals surface area contributed by atoms with Gasteiger partial charge in [-0.3, -0.25) is 4.79 Å². The molecule has 0 aliphatic heterocycles. The highest BCUT2D eigenvalue weighted by Crippen LogP contribution is 2.22. The molecule has 1 atom stereocenters. The van der Waals surface area contributed by atoms with E-state index in [2.05, 4.69) is 5.32 Å². The summed E-state index contributed by atoms with van der Waals surface area (Å²) in [5.41, 5.74) is 1.98. The molecule has 3 aromatic rings. The van der Waals surface area contributed by atoms with Crippen molar-refractivity contribution in [2.24, 2.45) is 0 Å². The largest absolute Gasteiger partial charge is 0.456 e. The second-order valence-electron chi connectivity index (χ2n) is 5.57. The van der Waals surface area contributed by atoms with Gasteiger partial charge in [0.15, 0.2) is 0 Å². The minimum Gasteiger partial charge on any atom is -0.456 e. The standard InChI is InChI=1S/C18H18ClNO3/c1-2-13(10-21)20-9-11-3-5-16-14(7-11)18(22)15-8-12(19)4-6-17(15)23-16/h3-8,13,20-21H,2,9-10H2,1H3/t13-/m1/s1. The minimum absolute atomic E-state index is 0.0533. The first-order valence-electron chi connectivity index (χ1n) is 7.61. The molecule has 0 spiro atoms. The highest BCUT2D eigenvalue weighted by atomic mass is 35.5. The van der Waals surface area contributed by atoms with Crippen molar-refractivity contribution in [3.63, 3.8) is 0 Å². The van der Waals surface area contributed by atoms with Gasteiger partial charge < -0.3 is 14.8 Å². The first kappa shape index (κ1) is 16.0. The Kier molecular flexibility index (Phi) is 4.66. The molecule has 3 rings (SSSR count). The molecule has 0 radical (unpaired) electrons. The van der Waals surface area contributed by atoms with Gasteiger partial charge in [0, 0.05) is 17.6 Å². The molecule has 0 unspecified atom stereocenters. The van der Waals surface area contributed by atoms with Crippen LogP contribution in [0, 0.1) is 0 Å². The molecule has 4 nitrogen and oxygen atoms in total. The molecular weight excluding hydrogens is 314 g/mol. The summed E-state index contributed by atoms with van der Waals surface area (Å²) in [7, 11) is 0. The smallest absolute Gasteiger partial charge is 0.200 e. The van der Waals surface area contributed by atoms with E-state index in [-0.39, 0.29) is 18.1 Å². The van der Waals surface area contributed by atoms with Gasteiger partial charge in [0.25, 0.3) is 0 Å². The number of hydrogen-bond donors (Lipinski definition) is 2. The maximum Gasteiger partial charge on any atom is 0.200 e. The number of rotatable bonds is 5. The highest BCUT2D eigenvalue weighted by Gasteiger charge is 2.10. The Morgan fingerprint density at radius 2 is 1.87 bits per heavy atom. The fourth-order valence-corrected chi connectivity index (χ4v) is 2.76. The molecule has 0 aliphatic rings. The van der Waals surface area contributed by atoms with Gasteiger partial charge in [-0.05, 0) is 42.3 Å². The summed E-state index contributed by atoms with van der Waals surface area (Å²) in [5, 5.41) is 14.0. The average molecular weight is 332 g/mol. The maximum absolute atomic E-state index is 12.7. The number of aliphatic hydroxyl groups excluding tert-OH is 1. The quantitative estimate of drug-likeness (QED) is 0.703. The molecule has 120 valence electrons. The van der Waals surface area contributed by atoms with Gasteiger partial charge in [-0.2, -0.15) is 0 Å². The van der Waals surface area contributed by atoms with E-state index in [9.17, 15) is 9.90 Å². The third kappa shape index (κ3) is 3.24. The van der Waals surface area contributed by atoms with Crippen molar-refractivity contribution in [2.75, 3.05) is 6.61 Å². The Hall–Kier alpha value is -1.88. The fraction of sp³-hybridized carbons (Fsp3) is 0.278. The molecule has 5 heteroatoms. The van der Waals surface area contributed by atoms with Gasteiger partial charge in [-0.1, -0.05) is 24.6 Å². The van der Waals surface area contributed by atoms with Crippen LogP contribution in [0.5, 0.6) is 0 Å². The lowest BCUT2D eigenvalue weighted by Gasteiger charge is -2.14. The molecule has 0 bridgehead atoms. The first-order chi connectivity index (χ1) is 11.1. The van der Waals surface area contributed by atoms with Crippen molar-refractivity contribution in [3.05, 3.63) is 57.2 Å². The van der Waals surface area contributed by atoms with Crippen molar-refractivity contribution in [3.8, 4) is 0 Å². The molecule has 23 heavy (non-hydrogen) atoms. The molecule has 0 aliphatic carbocycles. The number of benzene rings is 2. The van der Waals surface area contributed by atoms with Crippen LogP contribution in [0.2, 0.25) is 5.02 Å². The van der Waals surface area contributed by atoms with E-state index in [1.54, 1.807) is 18.2 Å². The average Bonchev–Trinajstić information content (AvgIpc) is 2.57. The molecule has 2 aromatic carbocycles. The summed E-state index contributed by atoms with van der Waals surface area (Å²) in [4.78, 5) is 12.7. The topological polar surface area (TPSA) is 62.5 Å². The molecule has 2 N–H and O–H groups in total. The number of hydrogen-bond acceptors (Lipinski definition) is 4. The van der Waals surface area contributed by atoms with E-state index in [0.29, 0.717) is 33.5 Å². The third-order valence-corrected chi connectivity index (χ3v) is 4.24. The van der Waals surface area contributed by atoms with Gasteiger partial charge >= 0.3 is 0 Å². The first-order valence-corrected chi connectivity index (χ1v) is 7.99. The van der Waals surface area contributed by atoms with E-state index in [1.165, 1.54) is 0 Å². The summed E-state index contributed by atoms with van der Waals surface area (Å²) in [6.07, 6.45) is 0.843. The SMILES string of the molecule is CC[C@H](CO)NCc1ccc2oc3ccc(Cl)cc3c(=O)c2c1. The van der Waals surface area contributed by atoms with Crippen LogP contribution in [-0.2, 0) is 6.54 Å². The van der Waals surface area contributed by atoms with Crippen molar-refractivity contribution in [1.29, 1.82) is 0 Å². The minimum atomic E-state index is -0.0835. The van der Waals surface area contributed by atoms with Gasteiger partial charge in [-0.25, -0.2) is 0 Å². The van der Waals surface area contributed by atoms with E-state index >= 15 is 0 Å². The number of fused-ring (bicyclic) bond motifs is 2. The van der Waals surface area contributed by atoms with Gasteiger partial charge in [0.1, 0.15) is 11.2 Å². The fourth-order valence-electron chi connectivity index (χ4n) is 2.59. The third-order valence-electron chi connectivity index (χ3n) is 4.00. The lowest BCUT2D eigenvalue weighted by molar-refractivity contribution is 0.238. The summed E-state index contributed by atoms with van der Waals surface area (Å²) in [6, 6.07) is 10.7. The number of aliphatic hydroxyl groups is 1. The lowest BCUT2D eigenvalue weighted by atomic mass is 10.1. The second-order valence-corrected chi connectivity index (χ2v) is 6.01. The Balaban J connectivity index is 2.03. The van der Waals surface area contributed by atoms with Crippen molar-refractivity contribution < 1.29 is 9.52 Å². The molecule has 0 saturated heterocycles. The van der Waals surface area contributed by atoms with Crippen LogP contribution in [-0.4, -0.2) is 17.8 Å². The Labute approximate surface area is 138 Å². The van der Waals surface area contributed by atoms with Crippen LogP contribution in [0.4, 0.5) is 0 Å². The van der Waals surface area contributed by atoms with E-state index in [4.69, 9.17) is 16.0 Å². The van der Waals surface area contributed by atoms with Gasteiger partial charge in [-0.15, -0.1) is 0 Å². The Morgan fingerprint density at radius 1 is 1.17 bits per heavy atom. The maximum atomic E-state index is 12.7. The van der Waals surface area contributed by atoms with Crippen LogP contribution < -0.4 is 10.7 Å². The normalized spacial score (nSPS) is 12.8. The molecule has 0 amide bonds. The zero-order chi connectivity index (χ0) is 16.4. The molecular formula is C18H18ClNO3. The zero-order valence-corrected chi connectivity index (χ0v) is 13.6. The molecule has 0 saturated carbocycles. The van der Waals surface area contributed by atoms with Crippen LogP contribution in [0.3, 0.4) is 0 Å². The molecule has 1 aromatic heterocycles. The van der Waals surface area contributed by atoms with E-state index in [0.717, 1.165) is 12.0 Å². The zero-order valence-electron chi connectivity index (χ0n) is 12.8. The predicted octanol–water partition coefficient (Wildman–Crippen LogP) is 3.46. The predicted molar refractivity (Wildman–Crippen MR) is 93.0 cm³/mol. The van der Waals surface area contributed by atoms with Crippen LogP contribution >= 0.6 is 11.6 Å². The molecule has 1 heterocycles. The Morgan fingerprint density at radius 3 is 2.57 bits per heavy atom. The van der Waals surface area contributed by atoms with Crippen LogP contribution in [0.1, 0.15) is 18.9 Å². The van der Waals surface area contributed by atoms with Crippen LogP contribution in [0.15, 0.2) is 45.6 Å². The van der Waals surface area contributed by atoms with E-state index in [1.807, 2.05) is 25.1 Å². The number of halogens is 1.